The van der Waals surface area contributed by atoms with Crippen LogP contribution in [0.4, 0.5) is 0 Å². The molecule has 2 aromatic rings. The normalized spacial score (nSPS) is 12.3. The Morgan fingerprint density at radius 2 is 2.00 bits per heavy atom. The molecule has 1 heterocycles. The maximum Gasteiger partial charge on any atom is 0.310 e. The van der Waals surface area contributed by atoms with E-state index in [0.29, 0.717) is 11.4 Å². The number of carboxylic acid groups (broad SMARTS) is 1. The van der Waals surface area contributed by atoms with Crippen LogP contribution in [0, 0.1) is 0 Å². The molecule has 2 rings (SSSR count). The molecule has 0 bridgehead atoms. The molecule has 1 unspecified atom stereocenters. The molecule has 94 valence electrons. The third-order valence-corrected chi connectivity index (χ3v) is 3.86. The minimum absolute atomic E-state index is 0.470. The molecule has 2 nitrogen and oxygen atoms in total. The molecule has 0 aliphatic rings. The fourth-order valence-electron chi connectivity index (χ4n) is 1.87. The number of carbonyl (C=O) groups is 1. The van der Waals surface area contributed by atoms with Crippen molar-refractivity contribution >= 4 is 28.9 Å². The zero-order chi connectivity index (χ0) is 13.0. The Kier molecular flexibility index (Phi) is 4.39. The van der Waals surface area contributed by atoms with Gasteiger partial charge in [-0.3, -0.25) is 4.79 Å². The summed E-state index contributed by atoms with van der Waals surface area (Å²) < 4.78 is 0. The molecule has 0 saturated heterocycles. The van der Waals surface area contributed by atoms with Gasteiger partial charge in [0.05, 0.1) is 5.92 Å². The van der Waals surface area contributed by atoms with Crippen molar-refractivity contribution in [3.63, 3.8) is 0 Å². The number of halogens is 1. The van der Waals surface area contributed by atoms with E-state index in [2.05, 4.69) is 5.38 Å². The maximum absolute atomic E-state index is 11.3. The van der Waals surface area contributed by atoms with Crippen molar-refractivity contribution in [2.24, 2.45) is 0 Å². The van der Waals surface area contributed by atoms with Gasteiger partial charge in [-0.1, -0.05) is 23.7 Å². The van der Waals surface area contributed by atoms with E-state index in [1.807, 2.05) is 11.4 Å². The summed E-state index contributed by atoms with van der Waals surface area (Å²) in [6, 6.07) is 9.07. The molecule has 1 aromatic heterocycles. The lowest BCUT2D eigenvalue weighted by molar-refractivity contribution is -0.138. The van der Waals surface area contributed by atoms with Gasteiger partial charge in [0.15, 0.2) is 0 Å². The highest BCUT2D eigenvalue weighted by Gasteiger charge is 2.19. The third-order valence-electron chi connectivity index (χ3n) is 2.87. The van der Waals surface area contributed by atoms with E-state index in [0.717, 1.165) is 12.0 Å². The first-order valence-corrected chi connectivity index (χ1v) is 6.98. The number of carboxylic acids is 1. The quantitative estimate of drug-likeness (QED) is 0.891. The Labute approximate surface area is 115 Å². The summed E-state index contributed by atoms with van der Waals surface area (Å²) in [6.45, 7) is 0. The maximum atomic E-state index is 11.3. The second kappa shape index (κ2) is 6.03. The van der Waals surface area contributed by atoms with Crippen LogP contribution < -0.4 is 0 Å². The second-order valence-electron chi connectivity index (χ2n) is 4.11. The minimum atomic E-state index is -0.785. The predicted molar refractivity (Wildman–Crippen MR) is 74.5 cm³/mol. The van der Waals surface area contributed by atoms with Gasteiger partial charge in [-0.2, -0.15) is 11.3 Å². The molecule has 1 aromatic carbocycles. The number of aliphatic carboxylic acids is 1. The minimum Gasteiger partial charge on any atom is -0.481 e. The zero-order valence-corrected chi connectivity index (χ0v) is 11.2. The number of rotatable bonds is 5. The van der Waals surface area contributed by atoms with Crippen molar-refractivity contribution in [2.75, 3.05) is 0 Å². The molecule has 0 aliphatic heterocycles. The monoisotopic (exact) mass is 280 g/mol. The summed E-state index contributed by atoms with van der Waals surface area (Å²) in [6.07, 6.45) is 1.39. The van der Waals surface area contributed by atoms with Crippen LogP contribution in [-0.4, -0.2) is 11.1 Å². The van der Waals surface area contributed by atoms with Gasteiger partial charge < -0.3 is 5.11 Å². The smallest absolute Gasteiger partial charge is 0.310 e. The van der Waals surface area contributed by atoms with Crippen molar-refractivity contribution in [3.05, 3.63) is 57.2 Å². The first-order chi connectivity index (χ1) is 8.66. The molecule has 0 saturated carbocycles. The number of hydrogen-bond donors (Lipinski definition) is 1. The summed E-state index contributed by atoms with van der Waals surface area (Å²) in [5.74, 6) is -1.25. The molecule has 1 N–H and O–H groups in total. The number of aryl methyl sites for hydroxylation is 1. The Hall–Kier alpha value is -1.32. The molecule has 0 spiro atoms. The van der Waals surface area contributed by atoms with Gasteiger partial charge in [0, 0.05) is 5.02 Å². The fraction of sp³-hybridized carbons (Fsp3) is 0.214. The lowest BCUT2D eigenvalue weighted by Crippen LogP contribution is -2.12. The van der Waals surface area contributed by atoms with Crippen LogP contribution in [0.5, 0.6) is 0 Å². The van der Waals surface area contributed by atoms with Crippen LogP contribution in [-0.2, 0) is 11.2 Å². The van der Waals surface area contributed by atoms with Crippen LogP contribution in [0.15, 0.2) is 41.1 Å². The Morgan fingerprint density at radius 1 is 1.28 bits per heavy atom. The Morgan fingerprint density at radius 3 is 2.56 bits per heavy atom. The van der Waals surface area contributed by atoms with Gasteiger partial charge in [-0.25, -0.2) is 0 Å². The highest BCUT2D eigenvalue weighted by atomic mass is 35.5. The summed E-state index contributed by atoms with van der Waals surface area (Å²) in [5.41, 5.74) is 2.00. The van der Waals surface area contributed by atoms with E-state index in [9.17, 15) is 9.90 Å². The van der Waals surface area contributed by atoms with Crippen LogP contribution >= 0.6 is 22.9 Å². The van der Waals surface area contributed by atoms with E-state index in [4.69, 9.17) is 11.6 Å². The molecule has 4 heteroatoms. The van der Waals surface area contributed by atoms with E-state index >= 15 is 0 Å². The van der Waals surface area contributed by atoms with Gasteiger partial charge in [0.25, 0.3) is 0 Å². The lowest BCUT2D eigenvalue weighted by Gasteiger charge is -2.12. The molecule has 0 radical (unpaired) electrons. The van der Waals surface area contributed by atoms with Crippen LogP contribution in [0.25, 0.3) is 0 Å². The summed E-state index contributed by atoms with van der Waals surface area (Å²) in [7, 11) is 0. The lowest BCUT2D eigenvalue weighted by atomic mass is 9.93. The van der Waals surface area contributed by atoms with Gasteiger partial charge in [-0.15, -0.1) is 0 Å². The van der Waals surface area contributed by atoms with E-state index < -0.39 is 11.9 Å². The molecule has 0 aliphatic carbocycles. The molecule has 18 heavy (non-hydrogen) atoms. The number of hydrogen-bond acceptors (Lipinski definition) is 2. The summed E-state index contributed by atoms with van der Waals surface area (Å²) in [4.78, 5) is 11.3. The van der Waals surface area contributed by atoms with E-state index in [1.165, 1.54) is 5.56 Å². The van der Waals surface area contributed by atoms with E-state index in [1.54, 1.807) is 35.6 Å². The summed E-state index contributed by atoms with van der Waals surface area (Å²) >= 11 is 7.44. The molecular weight excluding hydrogens is 268 g/mol. The Bertz CT molecular complexity index is 505. The topological polar surface area (TPSA) is 37.3 Å². The van der Waals surface area contributed by atoms with Crippen molar-refractivity contribution in [1.29, 1.82) is 0 Å². The number of thiophene rings is 1. The standard InChI is InChI=1S/C14H13ClO2S/c15-12-4-2-11(3-5-12)13(14(16)17)6-1-10-7-8-18-9-10/h2-5,7-9,13H,1,6H2,(H,16,17). The van der Waals surface area contributed by atoms with Crippen molar-refractivity contribution in [1.82, 2.24) is 0 Å². The highest BCUT2D eigenvalue weighted by Crippen LogP contribution is 2.24. The van der Waals surface area contributed by atoms with E-state index in [-0.39, 0.29) is 0 Å². The van der Waals surface area contributed by atoms with Gasteiger partial charge in [0.1, 0.15) is 0 Å². The molecule has 0 fully saturated rings. The molecule has 0 amide bonds. The molecular formula is C14H13ClO2S. The third kappa shape index (κ3) is 3.34. The van der Waals surface area contributed by atoms with Crippen molar-refractivity contribution in [2.45, 2.75) is 18.8 Å². The summed E-state index contributed by atoms with van der Waals surface area (Å²) in [5, 5.41) is 14.0. The molecule has 1 atom stereocenters. The Balaban J connectivity index is 2.08. The average molecular weight is 281 g/mol. The van der Waals surface area contributed by atoms with Crippen LogP contribution in [0.2, 0.25) is 5.02 Å². The largest absolute Gasteiger partial charge is 0.481 e. The van der Waals surface area contributed by atoms with Gasteiger partial charge in [0.2, 0.25) is 0 Å². The van der Waals surface area contributed by atoms with Crippen molar-refractivity contribution in [3.8, 4) is 0 Å². The second-order valence-corrected chi connectivity index (χ2v) is 5.33. The highest BCUT2D eigenvalue weighted by molar-refractivity contribution is 7.07. The first kappa shape index (κ1) is 13.1. The SMILES string of the molecule is O=C(O)C(CCc1ccsc1)c1ccc(Cl)cc1. The zero-order valence-electron chi connectivity index (χ0n) is 9.67. The predicted octanol–water partition coefficient (Wildman–Crippen LogP) is 4.20. The first-order valence-electron chi connectivity index (χ1n) is 5.66. The van der Waals surface area contributed by atoms with Crippen molar-refractivity contribution < 1.29 is 9.90 Å². The van der Waals surface area contributed by atoms with Gasteiger partial charge >= 0.3 is 5.97 Å². The number of benzene rings is 1. The van der Waals surface area contributed by atoms with Crippen LogP contribution in [0.3, 0.4) is 0 Å². The van der Waals surface area contributed by atoms with Crippen LogP contribution in [0.1, 0.15) is 23.5 Å². The average Bonchev–Trinajstić information content (AvgIpc) is 2.84. The fourth-order valence-corrected chi connectivity index (χ4v) is 2.70. The van der Waals surface area contributed by atoms with Gasteiger partial charge in [-0.05, 0) is 52.9 Å².